The summed E-state index contributed by atoms with van der Waals surface area (Å²) in [7, 11) is 5.71. The van der Waals surface area contributed by atoms with Gasteiger partial charge in [0.15, 0.2) is 0 Å². The SMILES string of the molecule is COc1cc2ncnc(Nc3ccc(F)c(Cl)c3)c2cc1CCN(C)C. The van der Waals surface area contributed by atoms with Crippen molar-refractivity contribution in [3.63, 3.8) is 0 Å². The lowest BCUT2D eigenvalue weighted by Gasteiger charge is -2.15. The van der Waals surface area contributed by atoms with Gasteiger partial charge < -0.3 is 15.0 Å². The molecular weight excluding hydrogens is 355 g/mol. The molecule has 5 nitrogen and oxygen atoms in total. The van der Waals surface area contributed by atoms with Gasteiger partial charge in [-0.05, 0) is 50.3 Å². The number of likely N-dealkylation sites (N-methyl/N-ethyl adjacent to an activating group) is 1. The number of benzene rings is 2. The summed E-state index contributed by atoms with van der Waals surface area (Å²) in [6, 6.07) is 8.41. The molecule has 0 aliphatic rings. The van der Waals surface area contributed by atoms with Gasteiger partial charge in [-0.1, -0.05) is 11.6 Å². The van der Waals surface area contributed by atoms with Crippen molar-refractivity contribution in [2.24, 2.45) is 0 Å². The lowest BCUT2D eigenvalue weighted by atomic mass is 10.1. The smallest absolute Gasteiger partial charge is 0.141 e. The van der Waals surface area contributed by atoms with E-state index in [2.05, 4.69) is 20.2 Å². The summed E-state index contributed by atoms with van der Waals surface area (Å²) >= 11 is 5.87. The van der Waals surface area contributed by atoms with Crippen LogP contribution in [-0.2, 0) is 6.42 Å². The molecule has 7 heteroatoms. The number of nitrogens with zero attached hydrogens (tertiary/aromatic N) is 3. The summed E-state index contributed by atoms with van der Waals surface area (Å²) in [6.45, 7) is 0.895. The van der Waals surface area contributed by atoms with Gasteiger partial charge in [-0.2, -0.15) is 0 Å². The van der Waals surface area contributed by atoms with Crippen molar-refractivity contribution in [1.29, 1.82) is 0 Å². The van der Waals surface area contributed by atoms with Crippen LogP contribution in [0.5, 0.6) is 5.75 Å². The highest BCUT2D eigenvalue weighted by Crippen LogP contribution is 2.30. The molecule has 0 amide bonds. The molecule has 0 saturated heterocycles. The number of ether oxygens (including phenoxy) is 1. The molecule has 3 aromatic rings. The largest absolute Gasteiger partial charge is 0.496 e. The number of halogens is 2. The second-order valence-corrected chi connectivity index (χ2v) is 6.62. The Morgan fingerprint density at radius 1 is 1.19 bits per heavy atom. The highest BCUT2D eigenvalue weighted by atomic mass is 35.5. The first kappa shape index (κ1) is 18.4. The van der Waals surface area contributed by atoms with E-state index in [1.807, 2.05) is 26.2 Å². The zero-order chi connectivity index (χ0) is 18.7. The van der Waals surface area contributed by atoms with Crippen molar-refractivity contribution < 1.29 is 9.13 Å². The minimum atomic E-state index is -0.458. The molecule has 1 heterocycles. The maximum Gasteiger partial charge on any atom is 0.141 e. The highest BCUT2D eigenvalue weighted by molar-refractivity contribution is 6.31. The van der Waals surface area contributed by atoms with Crippen molar-refractivity contribution in [3.8, 4) is 5.75 Å². The number of hydrogen-bond donors (Lipinski definition) is 1. The second kappa shape index (κ2) is 7.85. The van der Waals surface area contributed by atoms with Crippen LogP contribution in [-0.4, -0.2) is 42.6 Å². The van der Waals surface area contributed by atoms with Crippen molar-refractivity contribution in [2.45, 2.75) is 6.42 Å². The van der Waals surface area contributed by atoms with Crippen LogP contribution in [0.4, 0.5) is 15.9 Å². The molecule has 0 unspecified atom stereocenters. The standard InChI is InChI=1S/C19H20ClFN4O/c1-25(2)7-6-12-8-14-17(10-18(12)26-3)22-11-23-19(14)24-13-4-5-16(21)15(20)9-13/h4-5,8-11H,6-7H2,1-3H3,(H,22,23,24). The molecular formula is C19H20ClFN4O. The third-order valence-corrected chi connectivity index (χ3v) is 4.34. The molecule has 0 aliphatic carbocycles. The summed E-state index contributed by atoms with van der Waals surface area (Å²) in [5, 5.41) is 4.11. The third kappa shape index (κ3) is 4.03. The molecule has 0 radical (unpaired) electrons. The van der Waals surface area contributed by atoms with Crippen LogP contribution >= 0.6 is 11.6 Å². The van der Waals surface area contributed by atoms with Crippen LogP contribution < -0.4 is 10.1 Å². The van der Waals surface area contributed by atoms with Crippen molar-refractivity contribution in [2.75, 3.05) is 33.1 Å². The summed E-state index contributed by atoms with van der Waals surface area (Å²) in [6.07, 6.45) is 2.32. The normalized spacial score (nSPS) is 11.2. The van der Waals surface area contributed by atoms with Crippen LogP contribution in [0, 0.1) is 5.82 Å². The summed E-state index contributed by atoms with van der Waals surface area (Å²) in [5.41, 5.74) is 2.49. The Hall–Kier alpha value is -2.44. The van der Waals surface area contributed by atoms with E-state index in [0.29, 0.717) is 11.5 Å². The molecule has 26 heavy (non-hydrogen) atoms. The minimum absolute atomic E-state index is 0.0571. The van der Waals surface area contributed by atoms with Crippen molar-refractivity contribution in [3.05, 3.63) is 53.1 Å². The number of nitrogens with one attached hydrogen (secondary N) is 1. The first-order valence-corrected chi connectivity index (χ1v) is 8.54. The monoisotopic (exact) mass is 374 g/mol. The zero-order valence-corrected chi connectivity index (χ0v) is 15.6. The fourth-order valence-electron chi connectivity index (χ4n) is 2.67. The van der Waals surface area contributed by atoms with Gasteiger partial charge in [-0.3, -0.25) is 0 Å². The number of anilines is 2. The summed E-state index contributed by atoms with van der Waals surface area (Å²) < 4.78 is 18.9. The maximum atomic E-state index is 13.4. The Balaban J connectivity index is 2.01. The molecule has 0 aliphatic heterocycles. The number of hydrogen-bond acceptors (Lipinski definition) is 5. The quantitative estimate of drug-likeness (QED) is 0.698. The average Bonchev–Trinajstić information content (AvgIpc) is 2.62. The Morgan fingerprint density at radius 3 is 2.69 bits per heavy atom. The van der Waals surface area contributed by atoms with Gasteiger partial charge in [0.25, 0.3) is 0 Å². The summed E-state index contributed by atoms with van der Waals surface area (Å²) in [4.78, 5) is 10.8. The molecule has 2 aromatic carbocycles. The summed E-state index contributed by atoms with van der Waals surface area (Å²) in [5.74, 6) is 0.973. The second-order valence-electron chi connectivity index (χ2n) is 6.21. The van der Waals surface area contributed by atoms with Crippen LogP contribution in [0.3, 0.4) is 0 Å². The molecule has 3 rings (SSSR count). The molecule has 0 bridgehead atoms. The number of aromatic nitrogens is 2. The number of rotatable bonds is 6. The van der Waals surface area contributed by atoms with E-state index in [-0.39, 0.29) is 5.02 Å². The predicted molar refractivity (Wildman–Crippen MR) is 103 cm³/mol. The van der Waals surface area contributed by atoms with Gasteiger partial charge in [-0.15, -0.1) is 0 Å². The number of fused-ring (bicyclic) bond motifs is 1. The van der Waals surface area contributed by atoms with Gasteiger partial charge >= 0.3 is 0 Å². The van der Waals surface area contributed by atoms with Crippen LogP contribution in [0.25, 0.3) is 10.9 Å². The van der Waals surface area contributed by atoms with Crippen LogP contribution in [0.15, 0.2) is 36.7 Å². The van der Waals surface area contributed by atoms with E-state index in [1.165, 1.54) is 18.5 Å². The van der Waals surface area contributed by atoms with E-state index in [0.717, 1.165) is 35.2 Å². The Kier molecular flexibility index (Phi) is 5.54. The van der Waals surface area contributed by atoms with Gasteiger partial charge in [-0.25, -0.2) is 14.4 Å². The van der Waals surface area contributed by atoms with Crippen molar-refractivity contribution in [1.82, 2.24) is 14.9 Å². The Bertz CT molecular complexity index is 933. The van der Waals surface area contributed by atoms with Crippen molar-refractivity contribution >= 4 is 34.0 Å². The molecule has 0 saturated carbocycles. The van der Waals surface area contributed by atoms with E-state index in [4.69, 9.17) is 16.3 Å². The lowest BCUT2D eigenvalue weighted by molar-refractivity contribution is 0.392. The molecule has 0 fully saturated rings. The number of methoxy groups -OCH3 is 1. The van der Waals surface area contributed by atoms with Gasteiger partial charge in [0.05, 0.1) is 17.6 Å². The van der Waals surface area contributed by atoms with Gasteiger partial charge in [0, 0.05) is 23.7 Å². The van der Waals surface area contributed by atoms with Crippen LogP contribution in [0.2, 0.25) is 5.02 Å². The van der Waals surface area contributed by atoms with Crippen LogP contribution in [0.1, 0.15) is 5.56 Å². The van der Waals surface area contributed by atoms with Gasteiger partial charge in [0.2, 0.25) is 0 Å². The topological polar surface area (TPSA) is 50.3 Å². The maximum absolute atomic E-state index is 13.4. The van der Waals surface area contributed by atoms with E-state index >= 15 is 0 Å². The molecule has 136 valence electrons. The highest BCUT2D eigenvalue weighted by Gasteiger charge is 2.11. The Labute approximate surface area is 156 Å². The fourth-order valence-corrected chi connectivity index (χ4v) is 2.85. The van der Waals surface area contributed by atoms with Gasteiger partial charge in [0.1, 0.15) is 23.7 Å². The molecule has 1 aromatic heterocycles. The lowest BCUT2D eigenvalue weighted by Crippen LogP contribution is -2.15. The third-order valence-electron chi connectivity index (χ3n) is 4.05. The Morgan fingerprint density at radius 2 is 2.00 bits per heavy atom. The van der Waals surface area contributed by atoms with E-state index < -0.39 is 5.82 Å². The molecule has 1 N–H and O–H groups in total. The predicted octanol–water partition coefficient (Wildman–Crippen LogP) is 4.28. The zero-order valence-electron chi connectivity index (χ0n) is 14.9. The molecule has 0 spiro atoms. The first-order valence-electron chi connectivity index (χ1n) is 8.16. The first-order chi connectivity index (χ1) is 12.5. The van der Waals surface area contributed by atoms with E-state index in [9.17, 15) is 4.39 Å². The fraction of sp³-hybridized carbons (Fsp3) is 0.263. The molecule has 0 atom stereocenters. The minimum Gasteiger partial charge on any atom is -0.496 e. The van der Waals surface area contributed by atoms with E-state index in [1.54, 1.807) is 13.2 Å². The average molecular weight is 375 g/mol.